The molecule has 0 aliphatic carbocycles. The number of carbonyl (C=O) groups is 1. The Labute approximate surface area is 97.6 Å². The third-order valence-corrected chi connectivity index (χ3v) is 2.81. The number of ether oxygens (including phenoxy) is 2. The first kappa shape index (κ1) is 14.3. The summed E-state index contributed by atoms with van der Waals surface area (Å²) >= 11 is 0. The lowest BCUT2D eigenvalue weighted by atomic mass is 9.92. The van der Waals surface area contributed by atoms with Crippen LogP contribution in [0, 0.1) is 0 Å². The smallest absolute Gasteiger partial charge is 0.364 e. The van der Waals surface area contributed by atoms with Gasteiger partial charge in [-0.1, -0.05) is 0 Å². The minimum Gasteiger partial charge on any atom is -0.477 e. The summed E-state index contributed by atoms with van der Waals surface area (Å²) in [5, 5.41) is 37.7. The highest BCUT2D eigenvalue weighted by Crippen LogP contribution is 2.31. The summed E-state index contributed by atoms with van der Waals surface area (Å²) in [6, 6.07) is 0. The van der Waals surface area contributed by atoms with Gasteiger partial charge in [-0.05, 0) is 0 Å². The van der Waals surface area contributed by atoms with Gasteiger partial charge >= 0.3 is 5.97 Å². The molecule has 0 unspecified atom stereocenters. The molecule has 100 valence electrons. The molecule has 1 rings (SSSR count). The Morgan fingerprint density at radius 3 is 2.65 bits per heavy atom. The van der Waals surface area contributed by atoms with E-state index in [9.17, 15) is 20.1 Å². The van der Waals surface area contributed by atoms with Crippen LogP contribution in [-0.2, 0) is 14.3 Å². The second kappa shape index (κ2) is 5.25. The molecule has 0 amide bonds. The minimum absolute atomic E-state index is 0.242. The number of carboxylic acids is 1. The Bertz CT molecular complexity index is 287. The third kappa shape index (κ3) is 2.57. The summed E-state index contributed by atoms with van der Waals surface area (Å²) in [6.45, 7) is -0.242. The average molecular weight is 251 g/mol. The summed E-state index contributed by atoms with van der Waals surface area (Å²) < 4.78 is 9.80. The Hall–Kier alpha value is -0.770. The van der Waals surface area contributed by atoms with Gasteiger partial charge in [0.1, 0.15) is 12.2 Å². The van der Waals surface area contributed by atoms with Gasteiger partial charge in [-0.25, -0.2) is 4.79 Å². The molecule has 8 nitrogen and oxygen atoms in total. The Kier molecular flexibility index (Phi) is 4.42. The predicted molar refractivity (Wildman–Crippen MR) is 53.9 cm³/mol. The van der Waals surface area contributed by atoms with Gasteiger partial charge in [-0.3, -0.25) is 0 Å². The van der Waals surface area contributed by atoms with Crippen LogP contribution in [0.2, 0.25) is 0 Å². The van der Waals surface area contributed by atoms with Gasteiger partial charge in [0, 0.05) is 20.1 Å². The van der Waals surface area contributed by atoms with Crippen LogP contribution in [0.1, 0.15) is 6.42 Å². The van der Waals surface area contributed by atoms with Crippen molar-refractivity contribution < 1.29 is 34.7 Å². The first-order valence-corrected chi connectivity index (χ1v) is 5.08. The number of aliphatic hydroxyl groups is 3. The van der Waals surface area contributed by atoms with Gasteiger partial charge < -0.3 is 35.6 Å². The van der Waals surface area contributed by atoms with E-state index in [2.05, 4.69) is 0 Å². The van der Waals surface area contributed by atoms with Crippen molar-refractivity contribution in [2.24, 2.45) is 5.73 Å². The second-order valence-electron chi connectivity index (χ2n) is 3.91. The van der Waals surface area contributed by atoms with E-state index >= 15 is 0 Å². The molecule has 1 fully saturated rings. The molecule has 0 radical (unpaired) electrons. The van der Waals surface area contributed by atoms with Gasteiger partial charge in [0.25, 0.3) is 5.79 Å². The van der Waals surface area contributed by atoms with Crippen LogP contribution in [0.4, 0.5) is 0 Å². The first-order chi connectivity index (χ1) is 7.88. The van der Waals surface area contributed by atoms with Crippen molar-refractivity contribution in [3.63, 3.8) is 0 Å². The van der Waals surface area contributed by atoms with Crippen molar-refractivity contribution in [1.82, 2.24) is 0 Å². The number of aliphatic hydroxyl groups excluding tert-OH is 3. The number of aliphatic carboxylic acids is 1. The molecule has 0 saturated carbocycles. The summed E-state index contributed by atoms with van der Waals surface area (Å²) in [5.41, 5.74) is 5.21. The highest BCUT2D eigenvalue weighted by Gasteiger charge is 2.53. The van der Waals surface area contributed by atoms with Crippen molar-refractivity contribution in [3.8, 4) is 0 Å². The van der Waals surface area contributed by atoms with E-state index in [1.54, 1.807) is 0 Å². The largest absolute Gasteiger partial charge is 0.477 e. The SMILES string of the molecule is CO[C@]1(C(=O)O)C[C@@H](O)[C@@H](O)[C@@H]([C@H](O)CN)O1. The number of rotatable bonds is 4. The molecule has 0 aromatic heterocycles. The monoisotopic (exact) mass is 251 g/mol. The van der Waals surface area contributed by atoms with Crippen molar-refractivity contribution >= 4 is 5.97 Å². The molecule has 1 aliphatic heterocycles. The molecule has 0 bridgehead atoms. The topological polar surface area (TPSA) is 142 Å². The molecule has 17 heavy (non-hydrogen) atoms. The number of methoxy groups -OCH3 is 1. The van der Waals surface area contributed by atoms with E-state index in [4.69, 9.17) is 20.3 Å². The lowest BCUT2D eigenvalue weighted by Crippen LogP contribution is -2.62. The number of nitrogens with two attached hydrogens (primary N) is 1. The van der Waals surface area contributed by atoms with Crippen LogP contribution in [0.5, 0.6) is 0 Å². The lowest BCUT2D eigenvalue weighted by molar-refractivity contribution is -0.314. The van der Waals surface area contributed by atoms with E-state index in [1.165, 1.54) is 0 Å². The zero-order valence-electron chi connectivity index (χ0n) is 9.31. The summed E-state index contributed by atoms with van der Waals surface area (Å²) in [4.78, 5) is 11.1. The van der Waals surface area contributed by atoms with Crippen molar-refractivity contribution in [3.05, 3.63) is 0 Å². The van der Waals surface area contributed by atoms with E-state index in [-0.39, 0.29) is 6.54 Å². The molecule has 1 aliphatic rings. The number of hydrogen-bond donors (Lipinski definition) is 5. The van der Waals surface area contributed by atoms with Crippen LogP contribution in [0.3, 0.4) is 0 Å². The summed E-state index contributed by atoms with van der Waals surface area (Å²) in [5.74, 6) is -3.53. The standard InChI is InChI=1S/C9H17NO7/c1-16-9(8(14)15)2-4(11)6(13)7(17-9)5(12)3-10/h4-7,11-13H,2-3,10H2,1H3,(H,14,15)/t4-,5-,6-,7-,9-/m1/s1. The third-order valence-electron chi connectivity index (χ3n) is 2.81. The summed E-state index contributed by atoms with van der Waals surface area (Å²) in [6.07, 6.45) is -5.86. The number of hydrogen-bond acceptors (Lipinski definition) is 7. The fourth-order valence-electron chi connectivity index (χ4n) is 1.75. The fourth-order valence-corrected chi connectivity index (χ4v) is 1.75. The van der Waals surface area contributed by atoms with E-state index in [1.807, 2.05) is 0 Å². The van der Waals surface area contributed by atoms with Gasteiger partial charge in [0.2, 0.25) is 0 Å². The highest BCUT2D eigenvalue weighted by molar-refractivity contribution is 5.76. The van der Waals surface area contributed by atoms with Crippen LogP contribution < -0.4 is 5.73 Å². The highest BCUT2D eigenvalue weighted by atomic mass is 16.7. The van der Waals surface area contributed by atoms with Crippen LogP contribution in [-0.4, -0.2) is 70.3 Å². The van der Waals surface area contributed by atoms with Gasteiger partial charge in [0.05, 0.1) is 12.2 Å². The van der Waals surface area contributed by atoms with Crippen LogP contribution >= 0.6 is 0 Å². The molecule has 0 aromatic rings. The van der Waals surface area contributed by atoms with Crippen molar-refractivity contribution in [2.75, 3.05) is 13.7 Å². The van der Waals surface area contributed by atoms with Gasteiger partial charge in [0.15, 0.2) is 0 Å². The van der Waals surface area contributed by atoms with E-state index in [0.717, 1.165) is 7.11 Å². The van der Waals surface area contributed by atoms with E-state index < -0.39 is 42.6 Å². The van der Waals surface area contributed by atoms with E-state index in [0.29, 0.717) is 0 Å². The first-order valence-electron chi connectivity index (χ1n) is 5.08. The molecule has 8 heteroatoms. The lowest BCUT2D eigenvalue weighted by Gasteiger charge is -2.43. The summed E-state index contributed by atoms with van der Waals surface area (Å²) in [7, 11) is 1.10. The number of carboxylic acid groups (broad SMARTS) is 1. The molecular weight excluding hydrogens is 234 g/mol. The molecule has 6 N–H and O–H groups in total. The zero-order chi connectivity index (χ0) is 13.2. The second-order valence-corrected chi connectivity index (χ2v) is 3.91. The van der Waals surface area contributed by atoms with Crippen LogP contribution in [0.25, 0.3) is 0 Å². The molecule has 5 atom stereocenters. The Morgan fingerprint density at radius 1 is 1.65 bits per heavy atom. The predicted octanol–water partition coefficient (Wildman–Crippen LogP) is -2.76. The zero-order valence-corrected chi connectivity index (χ0v) is 9.31. The quantitative estimate of drug-likeness (QED) is 0.362. The van der Waals surface area contributed by atoms with Crippen molar-refractivity contribution in [2.45, 2.75) is 36.6 Å². The molecule has 1 heterocycles. The fraction of sp³-hybridized carbons (Fsp3) is 0.889. The Balaban J connectivity index is 2.96. The van der Waals surface area contributed by atoms with Crippen LogP contribution in [0.15, 0.2) is 0 Å². The molecular formula is C9H17NO7. The van der Waals surface area contributed by atoms with Gasteiger partial charge in [-0.15, -0.1) is 0 Å². The molecule has 0 spiro atoms. The van der Waals surface area contributed by atoms with Gasteiger partial charge in [-0.2, -0.15) is 0 Å². The maximum atomic E-state index is 11.1. The maximum Gasteiger partial charge on any atom is 0.364 e. The maximum absolute atomic E-state index is 11.1. The Morgan fingerprint density at radius 2 is 2.24 bits per heavy atom. The minimum atomic E-state index is -2.08. The molecule has 1 saturated heterocycles. The molecule has 0 aromatic carbocycles. The van der Waals surface area contributed by atoms with Crippen molar-refractivity contribution in [1.29, 1.82) is 0 Å². The normalized spacial score (nSPS) is 39.9. The average Bonchev–Trinajstić information content (AvgIpc) is 2.31.